The number of rotatable bonds is 4. The maximum absolute atomic E-state index is 12.9. The van der Waals surface area contributed by atoms with Gasteiger partial charge in [0.1, 0.15) is 11.6 Å². The number of hydrogen-bond acceptors (Lipinski definition) is 2. The van der Waals surface area contributed by atoms with Gasteiger partial charge in [-0.05, 0) is 24.6 Å². The van der Waals surface area contributed by atoms with Gasteiger partial charge < -0.3 is 16.5 Å². The van der Waals surface area contributed by atoms with Crippen molar-refractivity contribution in [3.05, 3.63) is 29.8 Å². The fourth-order valence-corrected chi connectivity index (χ4v) is 1.61. The van der Waals surface area contributed by atoms with Crippen LogP contribution in [0.1, 0.15) is 12.2 Å². The van der Waals surface area contributed by atoms with Crippen molar-refractivity contribution in [2.24, 2.45) is 16.5 Å². The van der Waals surface area contributed by atoms with Crippen LogP contribution in [0.15, 0.2) is 23.2 Å². The lowest BCUT2D eigenvalue weighted by Crippen LogP contribution is -2.23. The van der Waals surface area contributed by atoms with Crippen molar-refractivity contribution < 1.29 is 4.39 Å². The van der Waals surface area contributed by atoms with E-state index in [0.29, 0.717) is 12.1 Å². The third-order valence-electron chi connectivity index (χ3n) is 2.36. The molecule has 2 aromatic rings. The highest BCUT2D eigenvalue weighted by molar-refractivity contribution is 5.85. The highest BCUT2D eigenvalue weighted by atomic mass is 35.5. The second-order valence-electron chi connectivity index (χ2n) is 3.76. The Kier molecular flexibility index (Phi) is 7.18. The van der Waals surface area contributed by atoms with Crippen molar-refractivity contribution in [2.75, 3.05) is 6.54 Å². The lowest BCUT2D eigenvalue weighted by Gasteiger charge is -1.94. The Balaban J connectivity index is 0.00000162. The number of nitrogens with one attached hydrogen (secondary N) is 1. The molecule has 0 bridgehead atoms. The van der Waals surface area contributed by atoms with Crippen LogP contribution in [0.3, 0.4) is 0 Å². The fourth-order valence-electron chi connectivity index (χ4n) is 1.61. The van der Waals surface area contributed by atoms with Crippen molar-refractivity contribution in [3.63, 3.8) is 0 Å². The average Bonchev–Trinajstić information content (AvgIpc) is 2.66. The van der Waals surface area contributed by atoms with Crippen LogP contribution in [-0.4, -0.2) is 22.5 Å². The Bertz CT molecular complexity index is 551. The lowest BCUT2D eigenvalue weighted by atomic mass is 10.3. The summed E-state index contributed by atoms with van der Waals surface area (Å²) >= 11 is 0. The van der Waals surface area contributed by atoms with Crippen LogP contribution in [0, 0.1) is 5.82 Å². The molecule has 0 unspecified atom stereocenters. The largest absolute Gasteiger partial charge is 0.370 e. The van der Waals surface area contributed by atoms with E-state index in [4.69, 9.17) is 11.5 Å². The summed E-state index contributed by atoms with van der Waals surface area (Å²) in [4.78, 5) is 11.3. The van der Waals surface area contributed by atoms with Gasteiger partial charge in [0, 0.05) is 13.0 Å². The number of imidazole rings is 1. The molecule has 2 rings (SSSR count). The molecule has 19 heavy (non-hydrogen) atoms. The van der Waals surface area contributed by atoms with E-state index >= 15 is 0 Å². The molecule has 0 saturated heterocycles. The van der Waals surface area contributed by atoms with Gasteiger partial charge in [0.05, 0.1) is 11.0 Å². The van der Waals surface area contributed by atoms with Gasteiger partial charge >= 0.3 is 0 Å². The summed E-state index contributed by atoms with van der Waals surface area (Å²) in [5, 5.41) is 0. The quantitative estimate of drug-likeness (QED) is 0.456. The molecule has 0 radical (unpaired) electrons. The topological polar surface area (TPSA) is 93.1 Å². The van der Waals surface area contributed by atoms with Gasteiger partial charge in [-0.3, -0.25) is 4.99 Å². The molecule has 0 spiro atoms. The molecule has 5 N–H and O–H groups in total. The SMILES string of the molecule is Cl.Cl.NC(N)=NCCCc1nc2ccc(F)cc2[nH]1. The Hall–Kier alpha value is -1.53. The first kappa shape index (κ1) is 17.5. The maximum atomic E-state index is 12.9. The number of aromatic nitrogens is 2. The minimum absolute atomic E-state index is 0. The predicted molar refractivity (Wildman–Crippen MR) is 79.5 cm³/mol. The molecule has 1 aromatic heterocycles. The first-order chi connectivity index (χ1) is 8.15. The van der Waals surface area contributed by atoms with Crippen molar-refractivity contribution in [1.29, 1.82) is 0 Å². The van der Waals surface area contributed by atoms with Crippen molar-refractivity contribution in [1.82, 2.24) is 9.97 Å². The van der Waals surface area contributed by atoms with E-state index in [9.17, 15) is 4.39 Å². The van der Waals surface area contributed by atoms with Gasteiger partial charge in [-0.1, -0.05) is 0 Å². The molecule has 0 saturated carbocycles. The number of aryl methyl sites for hydroxylation is 1. The van der Waals surface area contributed by atoms with Gasteiger partial charge in [-0.2, -0.15) is 0 Å². The Labute approximate surface area is 122 Å². The van der Waals surface area contributed by atoms with E-state index in [-0.39, 0.29) is 36.6 Å². The zero-order valence-electron chi connectivity index (χ0n) is 10.1. The van der Waals surface area contributed by atoms with Crippen LogP contribution >= 0.6 is 24.8 Å². The smallest absolute Gasteiger partial charge is 0.185 e. The lowest BCUT2D eigenvalue weighted by molar-refractivity contribution is 0.629. The molecule has 0 aliphatic rings. The fraction of sp³-hybridized carbons (Fsp3) is 0.273. The van der Waals surface area contributed by atoms with Gasteiger partial charge in [0.2, 0.25) is 0 Å². The monoisotopic (exact) mass is 307 g/mol. The van der Waals surface area contributed by atoms with E-state index < -0.39 is 0 Å². The number of aliphatic imine (C=N–C) groups is 1. The first-order valence-electron chi connectivity index (χ1n) is 5.34. The summed E-state index contributed by atoms with van der Waals surface area (Å²) in [5.41, 5.74) is 11.9. The molecular weight excluding hydrogens is 292 g/mol. The number of halogens is 3. The minimum Gasteiger partial charge on any atom is -0.370 e. The normalized spacial score (nSPS) is 9.53. The molecule has 1 aromatic carbocycles. The summed E-state index contributed by atoms with van der Waals surface area (Å²) in [6.07, 6.45) is 1.52. The Morgan fingerprint density at radius 3 is 2.74 bits per heavy atom. The zero-order chi connectivity index (χ0) is 12.3. The van der Waals surface area contributed by atoms with Gasteiger partial charge in [0.15, 0.2) is 5.96 Å². The summed E-state index contributed by atoms with van der Waals surface area (Å²) < 4.78 is 12.9. The summed E-state index contributed by atoms with van der Waals surface area (Å²) in [7, 11) is 0. The van der Waals surface area contributed by atoms with Gasteiger partial charge in [-0.25, -0.2) is 9.37 Å². The van der Waals surface area contributed by atoms with Crippen LogP contribution in [0.4, 0.5) is 4.39 Å². The van der Waals surface area contributed by atoms with E-state index in [1.54, 1.807) is 6.07 Å². The Morgan fingerprint density at radius 1 is 1.32 bits per heavy atom. The third kappa shape index (κ3) is 4.92. The summed E-state index contributed by atoms with van der Waals surface area (Å²) in [6, 6.07) is 4.48. The van der Waals surface area contributed by atoms with Crippen molar-refractivity contribution in [3.8, 4) is 0 Å². The summed E-state index contributed by atoms with van der Waals surface area (Å²) in [6.45, 7) is 0.563. The molecule has 106 valence electrons. The number of guanidine groups is 1. The van der Waals surface area contributed by atoms with E-state index in [0.717, 1.165) is 24.2 Å². The van der Waals surface area contributed by atoms with E-state index in [1.165, 1.54) is 12.1 Å². The van der Waals surface area contributed by atoms with Crippen LogP contribution in [0.25, 0.3) is 11.0 Å². The molecule has 0 fully saturated rings. The second kappa shape index (κ2) is 7.81. The number of hydrogen-bond donors (Lipinski definition) is 3. The molecule has 1 heterocycles. The number of fused-ring (bicyclic) bond motifs is 1. The van der Waals surface area contributed by atoms with E-state index in [1.807, 2.05) is 0 Å². The van der Waals surface area contributed by atoms with Gasteiger partial charge in [0.25, 0.3) is 0 Å². The number of nitrogens with zero attached hydrogens (tertiary/aromatic N) is 2. The molecule has 8 heteroatoms. The summed E-state index contributed by atoms with van der Waals surface area (Å²) in [5.74, 6) is 0.640. The molecule has 5 nitrogen and oxygen atoms in total. The van der Waals surface area contributed by atoms with Crippen LogP contribution < -0.4 is 11.5 Å². The third-order valence-corrected chi connectivity index (χ3v) is 2.36. The first-order valence-corrected chi connectivity index (χ1v) is 5.34. The highest BCUT2D eigenvalue weighted by Gasteiger charge is 2.03. The van der Waals surface area contributed by atoms with Crippen LogP contribution in [0.2, 0.25) is 0 Å². The second-order valence-corrected chi connectivity index (χ2v) is 3.76. The number of H-pyrrole nitrogens is 1. The van der Waals surface area contributed by atoms with Crippen molar-refractivity contribution in [2.45, 2.75) is 12.8 Å². The Morgan fingerprint density at radius 2 is 2.05 bits per heavy atom. The minimum atomic E-state index is -0.270. The molecule has 0 aliphatic heterocycles. The number of nitrogens with two attached hydrogens (primary N) is 2. The highest BCUT2D eigenvalue weighted by Crippen LogP contribution is 2.13. The van der Waals surface area contributed by atoms with Crippen LogP contribution in [-0.2, 0) is 6.42 Å². The van der Waals surface area contributed by atoms with E-state index in [2.05, 4.69) is 15.0 Å². The molecular formula is C11H16Cl2FN5. The van der Waals surface area contributed by atoms with Gasteiger partial charge in [-0.15, -0.1) is 24.8 Å². The molecule has 0 amide bonds. The molecule has 0 aliphatic carbocycles. The molecule has 0 atom stereocenters. The standard InChI is InChI=1S/C11H14FN5.2ClH/c12-7-3-4-8-9(6-7)17-10(16-8)2-1-5-15-11(13)14;;/h3-4,6H,1-2,5H2,(H,16,17)(H4,13,14,15);2*1H. The maximum Gasteiger partial charge on any atom is 0.185 e. The van der Waals surface area contributed by atoms with Crippen LogP contribution in [0.5, 0.6) is 0 Å². The van der Waals surface area contributed by atoms with Crippen molar-refractivity contribution >= 4 is 41.8 Å². The predicted octanol–water partition coefficient (Wildman–Crippen LogP) is 1.75. The number of aromatic amines is 1. The average molecular weight is 308 g/mol. The zero-order valence-corrected chi connectivity index (χ0v) is 11.7. The number of benzene rings is 1.